The minimum atomic E-state index is -1.15. The van der Waals surface area contributed by atoms with E-state index in [-0.39, 0.29) is 28.4 Å². The molecule has 9 heteroatoms. The monoisotopic (exact) mass is 474 g/mol. The van der Waals surface area contributed by atoms with Crippen LogP contribution in [-0.4, -0.2) is 26.0 Å². The molecule has 2 heterocycles. The number of aromatic amines is 1. The number of nitrogens with zero attached hydrogens (tertiary/aromatic N) is 3. The van der Waals surface area contributed by atoms with Gasteiger partial charge in [-0.1, -0.05) is 6.07 Å². The van der Waals surface area contributed by atoms with Crippen LogP contribution in [0.3, 0.4) is 0 Å². The Balaban J connectivity index is 1.45. The third kappa shape index (κ3) is 4.25. The minimum absolute atomic E-state index is 0.148. The van der Waals surface area contributed by atoms with Gasteiger partial charge in [-0.3, -0.25) is 9.89 Å². The number of aliphatic carboxylic acids is 1. The van der Waals surface area contributed by atoms with Crippen molar-refractivity contribution in [3.63, 3.8) is 0 Å². The third-order valence-electron chi connectivity index (χ3n) is 6.50. The largest absolute Gasteiger partial charge is 0.505 e. The molecule has 1 atom stereocenters. The van der Waals surface area contributed by atoms with Crippen LogP contribution in [0.15, 0.2) is 57.2 Å². The number of rotatable bonds is 5. The highest BCUT2D eigenvalue weighted by Gasteiger charge is 2.27. The van der Waals surface area contributed by atoms with Gasteiger partial charge in [-0.2, -0.15) is 0 Å². The number of phenols is 1. The van der Waals surface area contributed by atoms with Crippen LogP contribution < -0.4 is 5.56 Å². The molecule has 2 aliphatic rings. The molecule has 1 aliphatic carbocycles. The lowest BCUT2D eigenvalue weighted by Gasteiger charge is -2.16. The molecule has 0 fully saturated rings. The molecule has 0 saturated carbocycles. The summed E-state index contributed by atoms with van der Waals surface area (Å²) in [4.78, 5) is 24.3. The van der Waals surface area contributed by atoms with Crippen molar-refractivity contribution in [2.75, 3.05) is 0 Å². The molecule has 0 bridgehead atoms. The summed E-state index contributed by atoms with van der Waals surface area (Å²) in [5.41, 5.74) is 5.11. The van der Waals surface area contributed by atoms with Gasteiger partial charge in [0.15, 0.2) is 5.69 Å². The zero-order chi connectivity index (χ0) is 24.7. The van der Waals surface area contributed by atoms with E-state index in [4.69, 9.17) is 9.84 Å². The fraction of sp³-hybridized carbons (Fsp3) is 0.308. The molecule has 3 N–H and O–H groups in total. The molecule has 2 aromatic carbocycles. The van der Waals surface area contributed by atoms with Crippen LogP contribution in [0, 0.1) is 13.8 Å². The van der Waals surface area contributed by atoms with Gasteiger partial charge in [-0.05, 0) is 86.6 Å². The lowest BCUT2D eigenvalue weighted by molar-refractivity contribution is -0.137. The summed E-state index contributed by atoms with van der Waals surface area (Å²) in [6.07, 6.45) is 5.57. The fourth-order valence-corrected chi connectivity index (χ4v) is 4.70. The maximum Gasteiger partial charge on any atom is 0.370 e. The SMILES string of the molecule is Cc1cc(N=Nc2c(C)[nH]n(-c3ccc4c(c3)CCCC4)c2=O)c(O)c(C2CC=C(C(=O)O)O2)c1. The zero-order valence-electron chi connectivity index (χ0n) is 19.5. The number of carbonyl (C=O) groups is 1. The number of aromatic nitrogens is 2. The number of fused-ring (bicyclic) bond motifs is 1. The molecule has 5 rings (SSSR count). The maximum atomic E-state index is 13.1. The molecule has 35 heavy (non-hydrogen) atoms. The summed E-state index contributed by atoms with van der Waals surface area (Å²) in [6, 6.07) is 9.43. The lowest BCUT2D eigenvalue weighted by atomic mass is 9.91. The van der Waals surface area contributed by atoms with E-state index < -0.39 is 12.1 Å². The summed E-state index contributed by atoms with van der Waals surface area (Å²) in [5, 5.41) is 31.4. The van der Waals surface area contributed by atoms with Crippen molar-refractivity contribution in [2.24, 2.45) is 10.2 Å². The average molecular weight is 475 g/mol. The number of hydrogen-bond donors (Lipinski definition) is 3. The molecule has 0 spiro atoms. The van der Waals surface area contributed by atoms with Gasteiger partial charge in [0, 0.05) is 12.0 Å². The third-order valence-corrected chi connectivity index (χ3v) is 6.50. The second-order valence-corrected chi connectivity index (χ2v) is 9.02. The highest BCUT2D eigenvalue weighted by Crippen LogP contribution is 2.41. The molecule has 1 unspecified atom stereocenters. The van der Waals surface area contributed by atoms with Gasteiger partial charge in [0.05, 0.1) is 11.4 Å². The molecule has 0 saturated heterocycles. The molecule has 1 aromatic heterocycles. The van der Waals surface area contributed by atoms with Crippen LogP contribution in [0.1, 0.15) is 53.3 Å². The molecular weight excluding hydrogens is 448 g/mol. The van der Waals surface area contributed by atoms with Crippen molar-refractivity contribution >= 4 is 17.3 Å². The maximum absolute atomic E-state index is 13.1. The first-order chi connectivity index (χ1) is 16.8. The van der Waals surface area contributed by atoms with Crippen LogP contribution in [0.5, 0.6) is 5.75 Å². The average Bonchev–Trinajstić information content (AvgIpc) is 3.44. The highest BCUT2D eigenvalue weighted by molar-refractivity contribution is 5.84. The normalized spacial score (nSPS) is 17.3. The molecule has 180 valence electrons. The van der Waals surface area contributed by atoms with Crippen molar-refractivity contribution in [2.45, 2.75) is 52.1 Å². The Morgan fingerprint density at radius 1 is 1.11 bits per heavy atom. The van der Waals surface area contributed by atoms with E-state index in [1.807, 2.05) is 19.1 Å². The van der Waals surface area contributed by atoms with E-state index in [1.54, 1.807) is 19.1 Å². The number of nitrogens with one attached hydrogen (secondary N) is 1. The number of carboxylic acids is 1. The van der Waals surface area contributed by atoms with Gasteiger partial charge in [-0.15, -0.1) is 10.2 Å². The number of phenolic OH excluding ortho intramolecular Hbond substituents is 1. The number of hydrogen-bond acceptors (Lipinski definition) is 6. The molecule has 1 aliphatic heterocycles. The van der Waals surface area contributed by atoms with E-state index >= 15 is 0 Å². The standard InChI is InChI=1S/C26H26N4O5/c1-14-11-19(21-9-10-22(35-21)26(33)34)24(31)20(12-14)27-28-23-15(2)29-30(25(23)32)18-8-7-16-5-3-4-6-17(16)13-18/h7-8,10-13,21,29,31H,3-6,9H2,1-2H3,(H,33,34). The Morgan fingerprint density at radius 3 is 2.63 bits per heavy atom. The second-order valence-electron chi connectivity index (χ2n) is 9.02. The fourth-order valence-electron chi connectivity index (χ4n) is 4.70. The van der Waals surface area contributed by atoms with Crippen LogP contribution in [0.2, 0.25) is 0 Å². The summed E-state index contributed by atoms with van der Waals surface area (Å²) >= 11 is 0. The minimum Gasteiger partial charge on any atom is -0.505 e. The quantitative estimate of drug-likeness (QED) is 0.437. The van der Waals surface area contributed by atoms with Crippen molar-refractivity contribution < 1.29 is 19.7 Å². The van der Waals surface area contributed by atoms with Gasteiger partial charge < -0.3 is 14.9 Å². The van der Waals surface area contributed by atoms with Crippen molar-refractivity contribution in [1.82, 2.24) is 9.78 Å². The number of H-pyrrole nitrogens is 1. The van der Waals surface area contributed by atoms with E-state index in [0.717, 1.165) is 30.5 Å². The number of aryl methyl sites for hydroxylation is 4. The number of aromatic hydroxyl groups is 1. The first kappa shape index (κ1) is 22.6. The number of carboxylic acid groups (broad SMARTS) is 1. The Labute approximate surface area is 201 Å². The lowest BCUT2D eigenvalue weighted by Crippen LogP contribution is -2.15. The van der Waals surface area contributed by atoms with Crippen LogP contribution in [-0.2, 0) is 22.4 Å². The predicted molar refractivity (Wildman–Crippen MR) is 129 cm³/mol. The molecule has 0 radical (unpaired) electrons. The predicted octanol–water partition coefficient (Wildman–Crippen LogP) is 5.21. The Morgan fingerprint density at radius 2 is 1.89 bits per heavy atom. The summed E-state index contributed by atoms with van der Waals surface area (Å²) < 4.78 is 6.93. The Hall–Kier alpha value is -4.14. The van der Waals surface area contributed by atoms with Gasteiger partial charge in [0.1, 0.15) is 17.5 Å². The smallest absolute Gasteiger partial charge is 0.370 e. The van der Waals surface area contributed by atoms with Gasteiger partial charge in [-0.25, -0.2) is 9.48 Å². The van der Waals surface area contributed by atoms with E-state index in [2.05, 4.69) is 21.4 Å². The summed E-state index contributed by atoms with van der Waals surface area (Å²) in [6.45, 7) is 3.57. The van der Waals surface area contributed by atoms with Gasteiger partial charge in [0.2, 0.25) is 5.76 Å². The topological polar surface area (TPSA) is 129 Å². The molecule has 9 nitrogen and oxygen atoms in total. The molecular formula is C26H26N4O5. The second kappa shape index (κ2) is 8.90. The number of azo groups is 1. The van der Waals surface area contributed by atoms with E-state index in [9.17, 15) is 14.7 Å². The molecule has 0 amide bonds. The van der Waals surface area contributed by atoms with Gasteiger partial charge in [0.25, 0.3) is 5.56 Å². The van der Waals surface area contributed by atoms with Crippen LogP contribution in [0.4, 0.5) is 11.4 Å². The Kier molecular flexibility index (Phi) is 5.76. The Bertz CT molecular complexity index is 1450. The van der Waals surface area contributed by atoms with E-state index in [1.165, 1.54) is 28.3 Å². The van der Waals surface area contributed by atoms with Crippen molar-refractivity contribution in [3.05, 3.63) is 80.5 Å². The summed E-state index contributed by atoms with van der Waals surface area (Å²) in [7, 11) is 0. The zero-order valence-corrected chi connectivity index (χ0v) is 19.5. The van der Waals surface area contributed by atoms with Crippen molar-refractivity contribution in [1.29, 1.82) is 0 Å². The van der Waals surface area contributed by atoms with Crippen LogP contribution in [0.25, 0.3) is 5.69 Å². The first-order valence-corrected chi connectivity index (χ1v) is 11.6. The van der Waals surface area contributed by atoms with Crippen LogP contribution >= 0.6 is 0 Å². The molecule has 3 aromatic rings. The summed E-state index contributed by atoms with van der Waals surface area (Å²) in [5.74, 6) is -1.46. The van der Waals surface area contributed by atoms with Gasteiger partial charge >= 0.3 is 5.97 Å². The first-order valence-electron chi connectivity index (χ1n) is 11.6. The highest BCUT2D eigenvalue weighted by atomic mass is 16.5. The number of benzene rings is 2. The van der Waals surface area contributed by atoms with Crippen molar-refractivity contribution in [3.8, 4) is 11.4 Å². The van der Waals surface area contributed by atoms with E-state index in [0.29, 0.717) is 17.7 Å². The number of ether oxygens (including phenoxy) is 1.